The van der Waals surface area contributed by atoms with E-state index >= 15 is 0 Å². The second kappa shape index (κ2) is 17.3. The molecule has 0 radical (unpaired) electrons. The van der Waals surface area contributed by atoms with Crippen LogP contribution in [0.1, 0.15) is 62.6 Å². The Morgan fingerprint density at radius 2 is 1.47 bits per heavy atom. The third-order valence-electron chi connectivity index (χ3n) is 10.5. The Kier molecular flexibility index (Phi) is 12.7. The van der Waals surface area contributed by atoms with Gasteiger partial charge in [-0.05, 0) is 75.6 Å². The van der Waals surface area contributed by atoms with E-state index in [1.54, 1.807) is 28.2 Å². The number of methoxy groups -OCH3 is 2. The van der Waals surface area contributed by atoms with Crippen LogP contribution < -0.4 is 20.7 Å². The summed E-state index contributed by atoms with van der Waals surface area (Å²) in [5.41, 5.74) is -1.87. The number of carbonyl (C=O) groups is 1. The smallest absolute Gasteiger partial charge is 0.330 e. The van der Waals surface area contributed by atoms with Crippen molar-refractivity contribution >= 4 is 14.4 Å². The Bertz CT molecular complexity index is 2120. The fourth-order valence-electron chi connectivity index (χ4n) is 7.78. The fraction of sp³-hybridized carbons (Fsp3) is 0.429. The lowest BCUT2D eigenvalue weighted by molar-refractivity contribution is -0.192. The highest BCUT2D eigenvalue weighted by Gasteiger charge is 2.71. The number of carbonyl (C=O) groups excluding carboxylic acids is 1. The van der Waals surface area contributed by atoms with Crippen LogP contribution in [0.5, 0.6) is 11.5 Å². The second-order valence-corrected chi connectivity index (χ2v) is 16.1. The predicted molar refractivity (Wildman–Crippen MR) is 214 cm³/mol. The van der Waals surface area contributed by atoms with Gasteiger partial charge in [-0.1, -0.05) is 54.6 Å². The molecule has 1 N–H and O–H groups in total. The van der Waals surface area contributed by atoms with Crippen molar-refractivity contribution in [3.05, 3.63) is 128 Å². The van der Waals surface area contributed by atoms with Crippen LogP contribution in [0.4, 0.5) is 0 Å². The molecule has 0 saturated carbocycles. The molecular formula is C42H50N5O9P. The van der Waals surface area contributed by atoms with Crippen molar-refractivity contribution in [2.24, 2.45) is 0 Å². The topological polar surface area (TPSA) is 158 Å². The molecule has 14 nitrogen and oxygen atoms in total. The minimum absolute atomic E-state index is 0.0464. The summed E-state index contributed by atoms with van der Waals surface area (Å²) in [6, 6.07) is 25.9. The molecular weight excluding hydrogens is 749 g/mol. The number of aromatic nitrogens is 2. The normalized spacial score (nSPS) is 21.1. The van der Waals surface area contributed by atoms with Crippen LogP contribution in [0.2, 0.25) is 0 Å². The van der Waals surface area contributed by atoms with E-state index in [0.29, 0.717) is 11.5 Å². The number of ether oxygens (including phenoxy) is 4. The van der Waals surface area contributed by atoms with Crippen LogP contribution in [0.15, 0.2) is 94.6 Å². The third kappa shape index (κ3) is 7.76. The standard InChI is InChI=1S/C42H50N5O9P/c1-27(2)47(28(3)4)57(54-24-12-23-43)56-36-35-38(46-25-29(5)37(48)44-40(46)50)55-41(36,39(49)45(35)6)26-53-42(30-13-10-9-11-14-30,31-15-19-33(51-7)20-16-31)32-17-21-34(52-8)22-18-32/h9-11,13-22,25,27-28,35-36,38H,12,24,26H2,1-8H3,(H,44,48,50)/t35-,36+,38-,41-,57?/m1/s1. The van der Waals surface area contributed by atoms with Crippen molar-refractivity contribution in [3.8, 4) is 17.6 Å². The number of likely N-dealkylation sites (N-methyl/N-ethyl adjacent to an activating group) is 1. The third-order valence-corrected chi connectivity index (χ3v) is 12.6. The number of fused-ring (bicyclic) bond motifs is 2. The largest absolute Gasteiger partial charge is 0.497 e. The molecule has 3 heterocycles. The van der Waals surface area contributed by atoms with E-state index < -0.39 is 55.3 Å². The quantitative estimate of drug-likeness (QED) is 0.0801. The molecule has 57 heavy (non-hydrogen) atoms. The van der Waals surface area contributed by atoms with Gasteiger partial charge in [0.05, 0.1) is 39.9 Å². The van der Waals surface area contributed by atoms with Gasteiger partial charge in [0, 0.05) is 30.9 Å². The molecule has 4 aromatic rings. The average molecular weight is 800 g/mol. The van der Waals surface area contributed by atoms with Crippen LogP contribution in [0.3, 0.4) is 0 Å². The van der Waals surface area contributed by atoms with Crippen molar-refractivity contribution in [1.29, 1.82) is 5.26 Å². The fourth-order valence-corrected chi connectivity index (χ4v) is 9.58. The first-order valence-electron chi connectivity index (χ1n) is 18.8. The number of aromatic amines is 1. The molecule has 2 bridgehead atoms. The number of benzene rings is 3. The molecule has 3 aromatic carbocycles. The second-order valence-electron chi connectivity index (χ2n) is 14.6. The molecule has 302 valence electrons. The summed E-state index contributed by atoms with van der Waals surface area (Å²) in [6.07, 6.45) is -0.574. The van der Waals surface area contributed by atoms with Crippen LogP contribution in [0.25, 0.3) is 0 Å². The number of nitriles is 1. The molecule has 0 aliphatic carbocycles. The number of hydrogen-bond donors (Lipinski definition) is 1. The summed E-state index contributed by atoms with van der Waals surface area (Å²) in [7, 11) is 2.93. The zero-order valence-electron chi connectivity index (χ0n) is 33.5. The molecule has 0 spiro atoms. The van der Waals surface area contributed by atoms with Crippen molar-refractivity contribution in [2.75, 3.05) is 34.5 Å². The van der Waals surface area contributed by atoms with Crippen molar-refractivity contribution in [3.63, 3.8) is 0 Å². The number of nitrogens with one attached hydrogen (secondary N) is 1. The van der Waals surface area contributed by atoms with Gasteiger partial charge in [0.1, 0.15) is 29.2 Å². The minimum Gasteiger partial charge on any atom is -0.497 e. The summed E-state index contributed by atoms with van der Waals surface area (Å²) < 4.78 is 41.9. The Morgan fingerprint density at radius 1 is 0.912 bits per heavy atom. The number of morpholine rings is 1. The maximum atomic E-state index is 14.8. The molecule has 2 fully saturated rings. The van der Waals surface area contributed by atoms with E-state index in [-0.39, 0.29) is 37.3 Å². The number of H-pyrrole nitrogens is 1. The van der Waals surface area contributed by atoms with Crippen LogP contribution in [-0.4, -0.2) is 89.3 Å². The number of aryl methyl sites for hydroxylation is 1. The summed E-state index contributed by atoms with van der Waals surface area (Å²) in [5.74, 6) is 0.874. The highest BCUT2D eigenvalue weighted by molar-refractivity contribution is 7.44. The lowest BCUT2D eigenvalue weighted by Gasteiger charge is -2.41. The summed E-state index contributed by atoms with van der Waals surface area (Å²) >= 11 is 0. The Morgan fingerprint density at radius 3 is 2.00 bits per heavy atom. The minimum atomic E-state index is -1.90. The number of amides is 1. The number of rotatable bonds is 17. The average Bonchev–Trinajstić information content (AvgIpc) is 3.62. The number of likely N-dealkylation sites (tertiary alicyclic amines) is 1. The Balaban J connectivity index is 1.55. The number of hydrogen-bond acceptors (Lipinski definition) is 11. The van der Waals surface area contributed by atoms with Crippen LogP contribution in [-0.2, 0) is 28.9 Å². The molecule has 6 rings (SSSR count). The molecule has 1 aromatic heterocycles. The molecule has 15 heteroatoms. The first-order chi connectivity index (χ1) is 27.3. The molecule has 2 aliphatic rings. The zero-order chi connectivity index (χ0) is 41.1. The molecule has 1 amide bonds. The van der Waals surface area contributed by atoms with E-state index in [0.717, 1.165) is 16.7 Å². The summed E-state index contributed by atoms with van der Waals surface area (Å²) in [5, 5.41) is 9.40. The molecule has 5 atom stereocenters. The van der Waals surface area contributed by atoms with Gasteiger partial charge in [0.15, 0.2) is 6.23 Å². The van der Waals surface area contributed by atoms with Crippen molar-refractivity contribution in [1.82, 2.24) is 19.1 Å². The number of nitrogens with zero attached hydrogens (tertiary/aromatic N) is 4. The van der Waals surface area contributed by atoms with Gasteiger partial charge in [-0.2, -0.15) is 5.26 Å². The molecule has 2 aliphatic heterocycles. The summed E-state index contributed by atoms with van der Waals surface area (Å²) in [4.78, 5) is 44.7. The zero-order valence-corrected chi connectivity index (χ0v) is 34.4. The van der Waals surface area contributed by atoms with Gasteiger partial charge in [-0.15, -0.1) is 0 Å². The van der Waals surface area contributed by atoms with Crippen molar-refractivity contribution in [2.45, 2.75) is 82.7 Å². The summed E-state index contributed by atoms with van der Waals surface area (Å²) in [6.45, 7) is 9.42. The SMILES string of the molecule is COc1ccc(C(OC[C@@]23O[C@@H](n4cc(C)c(=O)[nH]c4=O)[C@@H]([C@@H]2OP(OCCC#N)N(C(C)C)C(C)C)N(C)C3=O)(c2ccccc2)c2ccc(OC)cc2)cc1. The van der Waals surface area contributed by atoms with E-state index in [9.17, 15) is 19.6 Å². The van der Waals surface area contributed by atoms with Gasteiger partial charge in [-0.25, -0.2) is 9.46 Å². The van der Waals surface area contributed by atoms with E-state index in [1.165, 1.54) is 15.7 Å². The van der Waals surface area contributed by atoms with E-state index in [1.807, 2.05) is 107 Å². The van der Waals surface area contributed by atoms with E-state index in [4.69, 9.17) is 28.0 Å². The lowest BCUT2D eigenvalue weighted by atomic mass is 9.79. The highest BCUT2D eigenvalue weighted by Crippen LogP contribution is 2.57. The van der Waals surface area contributed by atoms with E-state index in [2.05, 4.69) is 15.7 Å². The highest BCUT2D eigenvalue weighted by atomic mass is 31.2. The van der Waals surface area contributed by atoms with Gasteiger partial charge in [0.25, 0.3) is 20.0 Å². The van der Waals surface area contributed by atoms with Gasteiger partial charge < -0.3 is 32.9 Å². The van der Waals surface area contributed by atoms with Gasteiger partial charge in [0.2, 0.25) is 5.60 Å². The predicted octanol–water partition coefficient (Wildman–Crippen LogP) is 5.64. The maximum Gasteiger partial charge on any atom is 0.330 e. The Labute approximate surface area is 333 Å². The monoisotopic (exact) mass is 799 g/mol. The van der Waals surface area contributed by atoms with Crippen LogP contribution >= 0.6 is 8.53 Å². The maximum absolute atomic E-state index is 14.8. The molecule has 2 saturated heterocycles. The molecule has 1 unspecified atom stereocenters. The van der Waals surface area contributed by atoms with Gasteiger partial charge in [-0.3, -0.25) is 19.1 Å². The Hall–Kier alpha value is -4.87. The first kappa shape index (κ1) is 41.8. The van der Waals surface area contributed by atoms with Crippen LogP contribution in [0, 0.1) is 18.3 Å². The van der Waals surface area contributed by atoms with Crippen molar-refractivity contribution < 1.29 is 32.8 Å². The van der Waals surface area contributed by atoms with Gasteiger partial charge >= 0.3 is 5.69 Å². The lowest BCUT2D eigenvalue weighted by Crippen LogP contribution is -2.55. The first-order valence-corrected chi connectivity index (χ1v) is 20.0.